The van der Waals surface area contributed by atoms with Crippen molar-refractivity contribution in [2.75, 3.05) is 13.2 Å². The zero-order valence-corrected chi connectivity index (χ0v) is 25.4. The molecule has 0 aliphatic rings. The second-order valence-corrected chi connectivity index (χ2v) is 10.8. The van der Waals surface area contributed by atoms with E-state index in [2.05, 4.69) is 85.9 Å². The average Bonchev–Trinajstić information content (AvgIpc) is 2.78. The first-order valence-electron chi connectivity index (χ1n) is 11.4. The van der Waals surface area contributed by atoms with Crippen molar-refractivity contribution < 1.29 is 19.7 Å². The molecule has 2 unspecified atom stereocenters. The van der Waals surface area contributed by atoms with Crippen molar-refractivity contribution in [1.82, 2.24) is 0 Å². The molecule has 186 valence electrons. The van der Waals surface area contributed by atoms with Gasteiger partial charge in [0.15, 0.2) is 0 Å². The van der Waals surface area contributed by atoms with Crippen molar-refractivity contribution >= 4 is 47.8 Å². The molecule has 0 spiro atoms. The first-order chi connectivity index (χ1) is 15.5. The zero-order chi connectivity index (χ0) is 25.3. The van der Waals surface area contributed by atoms with Gasteiger partial charge in [-0.3, -0.25) is 0 Å². The maximum absolute atomic E-state index is 9.82. The molecule has 7 heteroatoms. The molecule has 0 radical (unpaired) electrons. The Morgan fingerprint density at radius 2 is 1.12 bits per heavy atom. The molecule has 2 atom stereocenters. The third-order valence-electron chi connectivity index (χ3n) is 5.45. The minimum absolute atomic E-state index is 0.247. The summed E-state index contributed by atoms with van der Waals surface area (Å²) in [4.78, 5) is 0. The molecule has 0 bridgehead atoms. The lowest BCUT2D eigenvalue weighted by molar-refractivity contribution is 0.103. The molecule has 0 saturated heterocycles. The minimum atomic E-state index is -0.491. The summed E-state index contributed by atoms with van der Waals surface area (Å²) >= 11 is 10.9. The van der Waals surface area contributed by atoms with E-state index in [9.17, 15) is 10.2 Å². The largest absolute Gasteiger partial charge is 0.489 e. The first kappa shape index (κ1) is 30.4. The first-order valence-corrected chi connectivity index (χ1v) is 13.8. The van der Waals surface area contributed by atoms with Crippen LogP contribution in [0.5, 0.6) is 11.5 Å². The number of benzene rings is 2. The minimum Gasteiger partial charge on any atom is -0.489 e. The average molecular weight is 653 g/mol. The standard InChI is InChI=1S/C24H31Br3O4.C2H6/c1-6-17(28)12-30-22-14(3)8-15(9-19(22)25)24(4,5)16-10-20(26)23(21(27)11-16)31-13-18(29)7-2;1-2/h8-11,17-18,28-29H,6-7,12-13H2,1-5H3;1-2H3. The summed E-state index contributed by atoms with van der Waals surface area (Å²) < 4.78 is 14.2. The lowest BCUT2D eigenvalue weighted by atomic mass is 9.77. The van der Waals surface area contributed by atoms with E-state index in [0.717, 1.165) is 35.9 Å². The summed E-state index contributed by atoms with van der Waals surface area (Å²) in [5, 5.41) is 19.6. The van der Waals surface area contributed by atoms with Crippen LogP contribution in [0.15, 0.2) is 37.7 Å². The molecule has 4 nitrogen and oxygen atoms in total. The number of aryl methyl sites for hydroxylation is 1. The second-order valence-electron chi connectivity index (χ2n) is 8.24. The Balaban J connectivity index is 0.00000265. The molecule has 0 saturated carbocycles. The van der Waals surface area contributed by atoms with Crippen LogP contribution in [0.2, 0.25) is 0 Å². The van der Waals surface area contributed by atoms with Crippen molar-refractivity contribution in [2.24, 2.45) is 0 Å². The highest BCUT2D eigenvalue weighted by molar-refractivity contribution is 9.11. The number of halogens is 3. The molecule has 2 aromatic carbocycles. The van der Waals surface area contributed by atoms with Crippen molar-refractivity contribution in [1.29, 1.82) is 0 Å². The van der Waals surface area contributed by atoms with Gasteiger partial charge in [-0.15, -0.1) is 0 Å². The Labute approximate surface area is 224 Å². The number of rotatable bonds is 10. The molecule has 0 fully saturated rings. The molecule has 2 aromatic rings. The number of hydrogen-bond acceptors (Lipinski definition) is 4. The van der Waals surface area contributed by atoms with Gasteiger partial charge in [-0.2, -0.15) is 0 Å². The summed E-state index contributed by atoms with van der Waals surface area (Å²) in [6.07, 6.45) is 0.333. The Morgan fingerprint density at radius 1 is 0.758 bits per heavy atom. The molecule has 2 rings (SSSR count). The molecule has 0 amide bonds. The predicted octanol–water partition coefficient (Wildman–Crippen LogP) is 7.93. The maximum Gasteiger partial charge on any atom is 0.147 e. The van der Waals surface area contributed by atoms with Gasteiger partial charge in [-0.1, -0.05) is 47.6 Å². The van der Waals surface area contributed by atoms with Gasteiger partial charge < -0.3 is 19.7 Å². The predicted molar refractivity (Wildman–Crippen MR) is 148 cm³/mol. The monoisotopic (exact) mass is 650 g/mol. The highest BCUT2D eigenvalue weighted by atomic mass is 79.9. The van der Waals surface area contributed by atoms with Gasteiger partial charge in [0.2, 0.25) is 0 Å². The summed E-state index contributed by atoms with van der Waals surface area (Å²) in [5.41, 5.74) is 2.96. The third-order valence-corrected chi connectivity index (χ3v) is 7.22. The van der Waals surface area contributed by atoms with E-state index in [0.29, 0.717) is 18.6 Å². The van der Waals surface area contributed by atoms with Gasteiger partial charge >= 0.3 is 0 Å². The van der Waals surface area contributed by atoms with Crippen LogP contribution < -0.4 is 9.47 Å². The number of hydrogen-bond donors (Lipinski definition) is 2. The lowest BCUT2D eigenvalue weighted by Gasteiger charge is -2.29. The van der Waals surface area contributed by atoms with Crippen molar-refractivity contribution in [3.05, 3.63) is 54.4 Å². The summed E-state index contributed by atoms with van der Waals surface area (Å²) in [6, 6.07) is 8.32. The van der Waals surface area contributed by atoms with Gasteiger partial charge in [0.1, 0.15) is 24.7 Å². The van der Waals surface area contributed by atoms with Crippen LogP contribution in [-0.2, 0) is 5.41 Å². The van der Waals surface area contributed by atoms with Gasteiger partial charge in [0.25, 0.3) is 0 Å². The molecule has 0 heterocycles. The Kier molecular flexibility index (Phi) is 13.0. The van der Waals surface area contributed by atoms with Gasteiger partial charge in [0.05, 0.1) is 25.6 Å². The van der Waals surface area contributed by atoms with Crippen LogP contribution in [-0.4, -0.2) is 35.6 Å². The molecule has 0 aliphatic carbocycles. The van der Waals surface area contributed by atoms with E-state index in [1.165, 1.54) is 0 Å². The SMILES string of the molecule is CC.CCC(O)COc1c(C)cc(C(C)(C)c2cc(Br)c(OCC(O)CC)c(Br)c2)cc1Br. The maximum atomic E-state index is 9.82. The third kappa shape index (κ3) is 8.24. The normalized spacial score (nSPS) is 13.1. The van der Waals surface area contributed by atoms with Crippen LogP contribution in [0.25, 0.3) is 0 Å². The topological polar surface area (TPSA) is 58.9 Å². The number of aliphatic hydroxyl groups excluding tert-OH is 2. The Morgan fingerprint density at radius 3 is 1.52 bits per heavy atom. The lowest BCUT2D eigenvalue weighted by Crippen LogP contribution is -2.21. The summed E-state index contributed by atoms with van der Waals surface area (Å²) in [7, 11) is 0. The molecular formula is C26H37Br3O4. The van der Waals surface area contributed by atoms with E-state index < -0.39 is 12.2 Å². The Hall–Kier alpha value is -0.600. The van der Waals surface area contributed by atoms with E-state index in [1.807, 2.05) is 34.6 Å². The highest BCUT2D eigenvalue weighted by Gasteiger charge is 2.27. The second kappa shape index (κ2) is 14.1. The summed E-state index contributed by atoms with van der Waals surface area (Å²) in [6.45, 7) is 14.7. The molecule has 0 aliphatic heterocycles. The fraction of sp³-hybridized carbons (Fsp3) is 0.538. The molecule has 33 heavy (non-hydrogen) atoms. The number of ether oxygens (including phenoxy) is 2. The van der Waals surface area contributed by atoms with E-state index in [1.54, 1.807) is 0 Å². The smallest absolute Gasteiger partial charge is 0.147 e. The van der Waals surface area contributed by atoms with Crippen LogP contribution in [0, 0.1) is 6.92 Å². The fourth-order valence-corrected chi connectivity index (χ4v) is 5.18. The van der Waals surface area contributed by atoms with Gasteiger partial charge in [-0.05, 0) is 102 Å². The number of aliphatic hydroxyl groups is 2. The van der Waals surface area contributed by atoms with Crippen molar-refractivity contribution in [3.8, 4) is 11.5 Å². The van der Waals surface area contributed by atoms with Crippen LogP contribution in [0.1, 0.15) is 71.1 Å². The van der Waals surface area contributed by atoms with Crippen LogP contribution in [0.4, 0.5) is 0 Å². The quantitative estimate of drug-likeness (QED) is 0.274. The van der Waals surface area contributed by atoms with Crippen LogP contribution >= 0.6 is 47.8 Å². The highest BCUT2D eigenvalue weighted by Crippen LogP contribution is 2.43. The Bertz CT molecular complexity index is 782. The molecule has 0 aromatic heterocycles. The van der Waals surface area contributed by atoms with Crippen LogP contribution in [0.3, 0.4) is 0 Å². The van der Waals surface area contributed by atoms with Gasteiger partial charge in [0, 0.05) is 5.41 Å². The van der Waals surface area contributed by atoms with Crippen molar-refractivity contribution in [2.45, 2.75) is 78.9 Å². The molecular weight excluding hydrogens is 616 g/mol. The summed E-state index contributed by atoms with van der Waals surface area (Å²) in [5.74, 6) is 1.44. The van der Waals surface area contributed by atoms with E-state index in [4.69, 9.17) is 9.47 Å². The van der Waals surface area contributed by atoms with Crippen molar-refractivity contribution in [3.63, 3.8) is 0 Å². The van der Waals surface area contributed by atoms with E-state index >= 15 is 0 Å². The zero-order valence-electron chi connectivity index (χ0n) is 20.6. The fourth-order valence-electron chi connectivity index (χ4n) is 3.09. The molecule has 2 N–H and O–H groups in total. The van der Waals surface area contributed by atoms with E-state index in [-0.39, 0.29) is 18.6 Å². The van der Waals surface area contributed by atoms with Gasteiger partial charge in [-0.25, -0.2) is 0 Å².